The molecule has 10 heteroatoms. The fourth-order valence-electron chi connectivity index (χ4n) is 2.22. The molecule has 0 aliphatic rings. The molecule has 10 nitrogen and oxygen atoms in total. The molecule has 1 aromatic carbocycles. The Labute approximate surface area is 165 Å². The number of rotatable bonds is 7. The normalized spacial score (nSPS) is 10.5. The van der Waals surface area contributed by atoms with E-state index in [9.17, 15) is 14.9 Å². The van der Waals surface area contributed by atoms with Gasteiger partial charge in [0.25, 0.3) is 11.6 Å². The minimum atomic E-state index is -0.544. The largest absolute Gasteiger partial charge is 0.493 e. The number of carbonyl (C=O) groups is 1. The van der Waals surface area contributed by atoms with E-state index in [1.165, 1.54) is 31.7 Å². The van der Waals surface area contributed by atoms with Crippen LogP contribution in [0.5, 0.6) is 17.4 Å². The molecule has 0 fully saturated rings. The lowest BCUT2D eigenvalue weighted by atomic mass is 10.2. The van der Waals surface area contributed by atoms with E-state index in [0.717, 1.165) is 6.20 Å². The quantitative estimate of drug-likeness (QED) is 0.371. The zero-order valence-corrected chi connectivity index (χ0v) is 15.2. The van der Waals surface area contributed by atoms with Crippen molar-refractivity contribution in [3.8, 4) is 17.4 Å². The van der Waals surface area contributed by atoms with Crippen molar-refractivity contribution in [3.63, 3.8) is 0 Å². The van der Waals surface area contributed by atoms with Crippen molar-refractivity contribution >= 4 is 17.8 Å². The first-order valence-corrected chi connectivity index (χ1v) is 8.27. The van der Waals surface area contributed by atoms with Crippen LogP contribution in [-0.2, 0) is 0 Å². The molecule has 2 heterocycles. The van der Waals surface area contributed by atoms with Crippen LogP contribution in [0.15, 0.2) is 66.0 Å². The summed E-state index contributed by atoms with van der Waals surface area (Å²) in [6.45, 7) is 0. The molecule has 3 aromatic rings. The molecular formula is C19H15N5O5. The summed E-state index contributed by atoms with van der Waals surface area (Å²) in [5.41, 5.74) is 3.15. The van der Waals surface area contributed by atoms with Crippen molar-refractivity contribution in [1.82, 2.24) is 15.4 Å². The first-order chi connectivity index (χ1) is 14.1. The van der Waals surface area contributed by atoms with E-state index >= 15 is 0 Å². The molecule has 0 aliphatic carbocycles. The third-order valence-electron chi connectivity index (χ3n) is 3.61. The Morgan fingerprint density at radius 2 is 2.03 bits per heavy atom. The van der Waals surface area contributed by atoms with Gasteiger partial charge in [0.2, 0.25) is 5.88 Å². The topological polar surface area (TPSA) is 129 Å². The van der Waals surface area contributed by atoms with Gasteiger partial charge in [-0.2, -0.15) is 5.10 Å². The number of hydrogen-bond donors (Lipinski definition) is 1. The van der Waals surface area contributed by atoms with E-state index in [1.54, 1.807) is 36.4 Å². The maximum absolute atomic E-state index is 11.9. The molecule has 0 unspecified atom stereocenters. The summed E-state index contributed by atoms with van der Waals surface area (Å²) in [5, 5.41) is 14.6. The van der Waals surface area contributed by atoms with Gasteiger partial charge < -0.3 is 9.47 Å². The number of nitro groups is 1. The minimum Gasteiger partial charge on any atom is -0.493 e. The van der Waals surface area contributed by atoms with Crippen LogP contribution in [0, 0.1) is 10.1 Å². The monoisotopic (exact) mass is 393 g/mol. The second-order valence-electron chi connectivity index (χ2n) is 5.54. The van der Waals surface area contributed by atoms with Gasteiger partial charge in [-0.3, -0.25) is 19.9 Å². The first kappa shape index (κ1) is 19.4. The lowest BCUT2D eigenvalue weighted by Gasteiger charge is -2.10. The molecule has 0 saturated heterocycles. The van der Waals surface area contributed by atoms with Gasteiger partial charge in [0.15, 0.2) is 11.5 Å². The second kappa shape index (κ2) is 9.04. The summed E-state index contributed by atoms with van der Waals surface area (Å²) in [6.07, 6.45) is 4.06. The highest BCUT2D eigenvalue weighted by molar-refractivity contribution is 5.93. The summed E-state index contributed by atoms with van der Waals surface area (Å²) in [7, 11) is 1.47. The Hall–Kier alpha value is -4.34. The number of nitrogens with zero attached hydrogens (tertiary/aromatic N) is 4. The predicted molar refractivity (Wildman–Crippen MR) is 103 cm³/mol. The number of aromatic nitrogens is 2. The van der Waals surface area contributed by atoms with Gasteiger partial charge in [0.1, 0.15) is 11.9 Å². The molecule has 0 aliphatic heterocycles. The number of ether oxygens (including phenoxy) is 2. The standard InChI is InChI=1S/C19H15N5O5/c1-28-17-10-13(11-22-23-19(25)15-4-2-3-9-20-15)5-7-16(17)29-18-8-6-14(12-21-18)24(26)27/h2-12H,1H3,(H,23,25)/b22-11-. The zero-order valence-electron chi connectivity index (χ0n) is 15.2. The third kappa shape index (κ3) is 5.10. The van der Waals surface area contributed by atoms with Gasteiger partial charge in [-0.25, -0.2) is 10.4 Å². The van der Waals surface area contributed by atoms with Gasteiger partial charge >= 0.3 is 0 Å². The highest BCUT2D eigenvalue weighted by Crippen LogP contribution is 2.31. The van der Waals surface area contributed by atoms with Crippen molar-refractivity contribution in [2.24, 2.45) is 5.10 Å². The number of nitrogens with one attached hydrogen (secondary N) is 1. The predicted octanol–water partition coefficient (Wildman–Crippen LogP) is 2.95. The van der Waals surface area contributed by atoms with E-state index in [2.05, 4.69) is 20.5 Å². The number of pyridine rings is 2. The summed E-state index contributed by atoms with van der Waals surface area (Å²) < 4.78 is 10.9. The summed E-state index contributed by atoms with van der Waals surface area (Å²) >= 11 is 0. The molecule has 0 bridgehead atoms. The van der Waals surface area contributed by atoms with Crippen LogP contribution < -0.4 is 14.9 Å². The second-order valence-corrected chi connectivity index (χ2v) is 5.54. The van der Waals surface area contributed by atoms with Gasteiger partial charge in [-0.05, 0) is 35.9 Å². The Morgan fingerprint density at radius 3 is 2.69 bits per heavy atom. The van der Waals surface area contributed by atoms with E-state index in [4.69, 9.17) is 9.47 Å². The number of carbonyl (C=O) groups excluding carboxylic acids is 1. The Bertz CT molecular complexity index is 1040. The van der Waals surface area contributed by atoms with E-state index in [1.807, 2.05) is 0 Å². The Morgan fingerprint density at radius 1 is 1.17 bits per heavy atom. The van der Waals surface area contributed by atoms with Crippen molar-refractivity contribution < 1.29 is 19.2 Å². The van der Waals surface area contributed by atoms with Crippen LogP contribution in [0.3, 0.4) is 0 Å². The number of benzene rings is 1. The molecule has 1 amide bonds. The smallest absolute Gasteiger partial charge is 0.289 e. The maximum atomic E-state index is 11.9. The molecule has 0 atom stereocenters. The van der Waals surface area contributed by atoms with Crippen molar-refractivity contribution in [3.05, 3.63) is 82.3 Å². The highest BCUT2D eigenvalue weighted by atomic mass is 16.6. The Kier molecular flexibility index (Phi) is 6.05. The van der Waals surface area contributed by atoms with Crippen LogP contribution in [0.2, 0.25) is 0 Å². The summed E-state index contributed by atoms with van der Waals surface area (Å²) in [5.74, 6) is 0.504. The van der Waals surface area contributed by atoms with E-state index in [-0.39, 0.29) is 17.3 Å². The molecular weight excluding hydrogens is 378 g/mol. The van der Waals surface area contributed by atoms with Gasteiger partial charge in [-0.1, -0.05) is 6.07 Å². The van der Waals surface area contributed by atoms with Crippen molar-refractivity contribution in [2.75, 3.05) is 7.11 Å². The maximum Gasteiger partial charge on any atom is 0.289 e. The molecule has 2 aromatic heterocycles. The van der Waals surface area contributed by atoms with Crippen molar-refractivity contribution in [1.29, 1.82) is 0 Å². The molecule has 1 N–H and O–H groups in total. The van der Waals surface area contributed by atoms with Crippen LogP contribution in [0.4, 0.5) is 5.69 Å². The number of methoxy groups -OCH3 is 1. The summed E-state index contributed by atoms with van der Waals surface area (Å²) in [4.78, 5) is 29.9. The molecule has 3 rings (SSSR count). The fourth-order valence-corrected chi connectivity index (χ4v) is 2.22. The average molecular weight is 393 g/mol. The van der Waals surface area contributed by atoms with Gasteiger partial charge in [0, 0.05) is 18.3 Å². The SMILES string of the molecule is COc1cc(/C=N\NC(=O)c2ccccn2)ccc1Oc1ccc([N+](=O)[O-])cn1. The molecule has 29 heavy (non-hydrogen) atoms. The lowest BCUT2D eigenvalue weighted by Crippen LogP contribution is -2.18. The molecule has 0 radical (unpaired) electrons. The summed E-state index contributed by atoms with van der Waals surface area (Å²) in [6, 6.07) is 12.6. The van der Waals surface area contributed by atoms with Crippen molar-refractivity contribution in [2.45, 2.75) is 0 Å². The number of hydrazone groups is 1. The third-order valence-corrected chi connectivity index (χ3v) is 3.61. The number of amides is 1. The average Bonchev–Trinajstić information content (AvgIpc) is 2.75. The van der Waals surface area contributed by atoms with E-state index in [0.29, 0.717) is 17.1 Å². The zero-order chi connectivity index (χ0) is 20.6. The van der Waals surface area contributed by atoms with Crippen LogP contribution >= 0.6 is 0 Å². The Balaban J connectivity index is 1.68. The first-order valence-electron chi connectivity index (χ1n) is 8.27. The van der Waals surface area contributed by atoms with Crippen LogP contribution in [0.1, 0.15) is 16.1 Å². The fraction of sp³-hybridized carbons (Fsp3) is 0.0526. The van der Waals surface area contributed by atoms with Gasteiger partial charge in [0.05, 0.1) is 18.2 Å². The minimum absolute atomic E-state index is 0.136. The molecule has 0 spiro atoms. The van der Waals surface area contributed by atoms with E-state index < -0.39 is 10.8 Å². The van der Waals surface area contributed by atoms with Gasteiger partial charge in [-0.15, -0.1) is 0 Å². The van der Waals surface area contributed by atoms with Crippen LogP contribution in [0.25, 0.3) is 0 Å². The van der Waals surface area contributed by atoms with Crippen LogP contribution in [-0.4, -0.2) is 34.1 Å². The lowest BCUT2D eigenvalue weighted by molar-refractivity contribution is -0.385. The molecule has 146 valence electrons. The molecule has 0 saturated carbocycles. The number of hydrogen-bond acceptors (Lipinski definition) is 8. The highest BCUT2D eigenvalue weighted by Gasteiger charge is 2.10.